The van der Waals surface area contributed by atoms with Crippen LogP contribution < -0.4 is 20.3 Å². The summed E-state index contributed by atoms with van der Waals surface area (Å²) in [5.41, 5.74) is 1.85. The molecule has 1 aromatic heterocycles. The van der Waals surface area contributed by atoms with Gasteiger partial charge in [0.15, 0.2) is 5.16 Å². The van der Waals surface area contributed by atoms with Crippen LogP contribution in [0.25, 0.3) is 0 Å². The lowest BCUT2D eigenvalue weighted by atomic mass is 9.86. The molecule has 1 aliphatic rings. The van der Waals surface area contributed by atoms with Crippen molar-refractivity contribution in [2.75, 3.05) is 19.5 Å². The van der Waals surface area contributed by atoms with Gasteiger partial charge in [-0.25, -0.2) is 4.98 Å². The number of thioether (sulfide) groups is 1. The first-order valence-corrected chi connectivity index (χ1v) is 10.9. The molecule has 0 spiro atoms. The van der Waals surface area contributed by atoms with E-state index in [2.05, 4.69) is 15.3 Å². The molecule has 9 heteroatoms. The van der Waals surface area contributed by atoms with Crippen molar-refractivity contribution in [1.82, 2.24) is 9.97 Å². The average Bonchev–Trinajstić information content (AvgIpc) is 2.77. The number of methoxy groups -OCH3 is 2. The number of aromatic amines is 1. The second kappa shape index (κ2) is 9.03. The molecule has 1 atom stereocenters. The third kappa shape index (κ3) is 4.55. The molecule has 31 heavy (non-hydrogen) atoms. The molecule has 2 heterocycles. The molecule has 2 N–H and O–H groups in total. The van der Waals surface area contributed by atoms with Gasteiger partial charge in [-0.1, -0.05) is 35.5 Å². The van der Waals surface area contributed by atoms with Gasteiger partial charge in [0.2, 0.25) is 5.91 Å². The van der Waals surface area contributed by atoms with Gasteiger partial charge in [-0.3, -0.25) is 9.59 Å². The monoisotopic (exact) mass is 457 g/mol. The number of anilines is 1. The lowest BCUT2D eigenvalue weighted by Crippen LogP contribution is -2.31. The van der Waals surface area contributed by atoms with Crippen LogP contribution in [0, 0.1) is 0 Å². The number of hydrogen-bond acceptors (Lipinski definition) is 6. The molecule has 0 radical (unpaired) electrons. The lowest BCUT2D eigenvalue weighted by Gasteiger charge is -2.26. The van der Waals surface area contributed by atoms with Crippen molar-refractivity contribution >= 4 is 35.1 Å². The zero-order chi connectivity index (χ0) is 22.0. The van der Waals surface area contributed by atoms with Gasteiger partial charge in [-0.05, 0) is 35.9 Å². The maximum atomic E-state index is 13.0. The van der Waals surface area contributed by atoms with E-state index in [1.54, 1.807) is 32.4 Å². The van der Waals surface area contributed by atoms with Gasteiger partial charge >= 0.3 is 0 Å². The fourth-order valence-electron chi connectivity index (χ4n) is 3.53. The Morgan fingerprint density at radius 2 is 1.90 bits per heavy atom. The summed E-state index contributed by atoms with van der Waals surface area (Å²) in [5.74, 6) is 1.35. The minimum atomic E-state index is -0.500. The molecular weight excluding hydrogens is 438 g/mol. The quantitative estimate of drug-likeness (QED) is 0.425. The van der Waals surface area contributed by atoms with Crippen LogP contribution in [0.15, 0.2) is 52.4 Å². The second-order valence-electron chi connectivity index (χ2n) is 6.96. The zero-order valence-electron chi connectivity index (χ0n) is 16.9. The number of halogens is 1. The highest BCUT2D eigenvalue weighted by Crippen LogP contribution is 2.40. The number of H-pyrrole nitrogens is 1. The van der Waals surface area contributed by atoms with Gasteiger partial charge in [-0.2, -0.15) is 0 Å². The number of nitrogens with zero attached hydrogens (tertiary/aromatic N) is 1. The number of aromatic nitrogens is 2. The first kappa shape index (κ1) is 21.3. The molecule has 4 rings (SSSR count). The van der Waals surface area contributed by atoms with E-state index in [4.69, 9.17) is 21.1 Å². The minimum Gasteiger partial charge on any atom is -0.497 e. The molecule has 1 amide bonds. The molecule has 1 aliphatic heterocycles. The van der Waals surface area contributed by atoms with E-state index in [1.807, 2.05) is 24.3 Å². The van der Waals surface area contributed by atoms with Crippen molar-refractivity contribution < 1.29 is 14.3 Å². The number of fused-ring (bicyclic) bond motifs is 1. The topological polar surface area (TPSA) is 93.3 Å². The number of hydrogen-bond donors (Lipinski definition) is 2. The summed E-state index contributed by atoms with van der Waals surface area (Å²) in [6.45, 7) is 0. The SMILES string of the molecule is COc1ccc(OC)c(C2CC(=O)Nc3nc(SCc4ccc(Cl)cc4)[nH]c(=O)c32)c1. The van der Waals surface area contributed by atoms with Crippen LogP contribution in [-0.2, 0) is 10.5 Å². The standard InChI is InChI=1S/C22H20ClN3O4S/c1-29-14-7-8-17(30-2)15(9-14)16-10-18(27)24-20-19(16)21(28)26-22(25-20)31-11-12-3-5-13(23)6-4-12/h3-9,16H,10-11H2,1-2H3,(H2,24,25,26,27,28). The molecule has 160 valence electrons. The van der Waals surface area contributed by atoms with Gasteiger partial charge in [-0.15, -0.1) is 0 Å². The van der Waals surface area contributed by atoms with Crippen molar-refractivity contribution in [3.63, 3.8) is 0 Å². The van der Waals surface area contributed by atoms with Crippen LogP contribution in [0.1, 0.15) is 29.0 Å². The Hall–Kier alpha value is -2.97. The normalized spacial score (nSPS) is 15.2. The van der Waals surface area contributed by atoms with E-state index in [0.717, 1.165) is 5.56 Å². The molecular formula is C22H20ClN3O4S. The van der Waals surface area contributed by atoms with Crippen molar-refractivity contribution in [3.8, 4) is 11.5 Å². The third-order valence-electron chi connectivity index (χ3n) is 5.03. The smallest absolute Gasteiger partial charge is 0.257 e. The van der Waals surface area contributed by atoms with Gasteiger partial charge in [0.05, 0.1) is 19.8 Å². The Labute approximate surface area is 188 Å². The molecule has 3 aromatic rings. The summed E-state index contributed by atoms with van der Waals surface area (Å²) >= 11 is 7.30. The Morgan fingerprint density at radius 1 is 1.13 bits per heavy atom. The maximum absolute atomic E-state index is 13.0. The highest BCUT2D eigenvalue weighted by molar-refractivity contribution is 7.98. The zero-order valence-corrected chi connectivity index (χ0v) is 18.5. The van der Waals surface area contributed by atoms with Crippen LogP contribution in [0.2, 0.25) is 5.02 Å². The number of carbonyl (C=O) groups excluding carboxylic acids is 1. The minimum absolute atomic E-state index is 0.110. The molecule has 0 saturated carbocycles. The van der Waals surface area contributed by atoms with Crippen LogP contribution in [0.5, 0.6) is 11.5 Å². The fraction of sp³-hybridized carbons (Fsp3) is 0.227. The molecule has 0 fully saturated rings. The molecule has 0 bridgehead atoms. The van der Waals surface area contributed by atoms with E-state index < -0.39 is 5.92 Å². The first-order chi connectivity index (χ1) is 15.0. The number of ether oxygens (including phenoxy) is 2. The van der Waals surface area contributed by atoms with E-state index >= 15 is 0 Å². The van der Waals surface area contributed by atoms with Crippen LogP contribution in [-0.4, -0.2) is 30.1 Å². The van der Waals surface area contributed by atoms with E-state index in [0.29, 0.717) is 38.6 Å². The summed E-state index contributed by atoms with van der Waals surface area (Å²) in [5, 5.41) is 3.83. The van der Waals surface area contributed by atoms with Gasteiger partial charge in [0.25, 0.3) is 5.56 Å². The van der Waals surface area contributed by atoms with Crippen LogP contribution >= 0.6 is 23.4 Å². The van der Waals surface area contributed by atoms with Crippen molar-refractivity contribution in [3.05, 3.63) is 74.5 Å². The first-order valence-electron chi connectivity index (χ1n) is 9.51. The third-order valence-corrected chi connectivity index (χ3v) is 6.23. The number of amides is 1. The number of rotatable bonds is 6. The van der Waals surface area contributed by atoms with E-state index in [1.165, 1.54) is 11.8 Å². The van der Waals surface area contributed by atoms with Crippen LogP contribution in [0.3, 0.4) is 0 Å². The fourth-order valence-corrected chi connectivity index (χ4v) is 4.47. The Morgan fingerprint density at radius 3 is 2.61 bits per heavy atom. The summed E-state index contributed by atoms with van der Waals surface area (Å²) in [4.78, 5) is 32.8. The molecule has 2 aromatic carbocycles. The average molecular weight is 458 g/mol. The Balaban J connectivity index is 1.69. The molecule has 7 nitrogen and oxygen atoms in total. The van der Waals surface area contributed by atoms with Crippen LogP contribution in [0.4, 0.5) is 5.82 Å². The highest BCUT2D eigenvalue weighted by atomic mass is 35.5. The van der Waals surface area contributed by atoms with E-state index in [9.17, 15) is 9.59 Å². The van der Waals surface area contributed by atoms with Crippen molar-refractivity contribution in [1.29, 1.82) is 0 Å². The number of benzene rings is 2. The maximum Gasteiger partial charge on any atom is 0.257 e. The Bertz CT molecular complexity index is 1180. The summed E-state index contributed by atoms with van der Waals surface area (Å²) in [7, 11) is 3.11. The summed E-state index contributed by atoms with van der Waals surface area (Å²) in [6, 6.07) is 12.8. The van der Waals surface area contributed by atoms with Gasteiger partial charge in [0, 0.05) is 28.7 Å². The second-order valence-corrected chi connectivity index (χ2v) is 8.36. The van der Waals surface area contributed by atoms with Crippen molar-refractivity contribution in [2.24, 2.45) is 0 Å². The van der Waals surface area contributed by atoms with Gasteiger partial charge < -0.3 is 19.8 Å². The summed E-state index contributed by atoms with van der Waals surface area (Å²) < 4.78 is 10.8. The predicted octanol–water partition coefficient (Wildman–Crippen LogP) is 4.21. The molecule has 0 aliphatic carbocycles. The lowest BCUT2D eigenvalue weighted by molar-refractivity contribution is -0.116. The number of nitrogens with one attached hydrogen (secondary N) is 2. The largest absolute Gasteiger partial charge is 0.497 e. The highest BCUT2D eigenvalue weighted by Gasteiger charge is 2.33. The van der Waals surface area contributed by atoms with Crippen molar-refractivity contribution in [2.45, 2.75) is 23.2 Å². The summed E-state index contributed by atoms with van der Waals surface area (Å²) in [6.07, 6.45) is 0.110. The van der Waals surface area contributed by atoms with E-state index in [-0.39, 0.29) is 23.7 Å². The predicted molar refractivity (Wildman–Crippen MR) is 121 cm³/mol. The Kier molecular flexibility index (Phi) is 6.20. The number of carbonyl (C=O) groups is 1. The molecule has 0 saturated heterocycles. The molecule has 1 unspecified atom stereocenters. The van der Waals surface area contributed by atoms with Gasteiger partial charge in [0.1, 0.15) is 17.3 Å².